The van der Waals surface area contributed by atoms with Crippen LogP contribution in [0.3, 0.4) is 0 Å². The van der Waals surface area contributed by atoms with Crippen LogP contribution in [0.5, 0.6) is 0 Å². The largest absolute Gasteiger partial charge is 0.434 e. The molecule has 3 rings (SSSR count). The van der Waals surface area contributed by atoms with Gasteiger partial charge >= 0.3 is 6.18 Å². The monoisotopic (exact) mass is 445 g/mol. The second kappa shape index (κ2) is 7.14. The summed E-state index contributed by atoms with van der Waals surface area (Å²) in [6.07, 6.45) is -3.11. The second-order valence-electron chi connectivity index (χ2n) is 5.62. The first-order chi connectivity index (χ1) is 12.6. The average Bonchev–Trinajstić information content (AvgIpc) is 3.10. The van der Waals surface area contributed by atoms with E-state index in [9.17, 15) is 22.4 Å². The Morgan fingerprint density at radius 1 is 1.26 bits per heavy atom. The molecule has 1 amide bonds. The Balaban J connectivity index is 1.75. The summed E-state index contributed by atoms with van der Waals surface area (Å²) in [7, 11) is 1.10. The third-order valence-corrected chi connectivity index (χ3v) is 4.34. The molecule has 0 radical (unpaired) electrons. The predicted octanol–water partition coefficient (Wildman–Crippen LogP) is 3.84. The number of anilines is 1. The minimum absolute atomic E-state index is 0.127. The first kappa shape index (κ1) is 19.1. The maximum Gasteiger partial charge on any atom is 0.434 e. The van der Waals surface area contributed by atoms with Crippen LogP contribution in [-0.2, 0) is 19.8 Å². The van der Waals surface area contributed by atoms with Gasteiger partial charge in [-0.1, -0.05) is 12.1 Å². The molecule has 0 aliphatic heterocycles. The zero-order valence-electron chi connectivity index (χ0n) is 13.8. The van der Waals surface area contributed by atoms with Crippen molar-refractivity contribution < 1.29 is 22.4 Å². The molecule has 0 saturated carbocycles. The van der Waals surface area contributed by atoms with Crippen molar-refractivity contribution in [3.05, 3.63) is 63.8 Å². The highest BCUT2D eigenvalue weighted by Gasteiger charge is 2.39. The summed E-state index contributed by atoms with van der Waals surface area (Å²) in [4.78, 5) is 12.3. The van der Waals surface area contributed by atoms with E-state index in [-0.39, 0.29) is 18.2 Å². The molecule has 0 bridgehead atoms. The number of hydrogen-bond donors (Lipinski definition) is 1. The standard InChI is InChI=1S/C16H12BrF4N5O/c1-25-14(16(19,20)21)12(17)13(24-25)15(27)22-11-5-6-26(23-11)8-9-3-2-4-10(18)7-9/h2-7H,8H2,1H3,(H,22,23,27). The summed E-state index contributed by atoms with van der Waals surface area (Å²) >= 11 is 2.78. The number of aromatic nitrogens is 4. The lowest BCUT2D eigenvalue weighted by Crippen LogP contribution is -2.14. The number of nitrogens with one attached hydrogen (secondary N) is 1. The van der Waals surface area contributed by atoms with Gasteiger partial charge in [0.25, 0.3) is 5.91 Å². The number of carbonyl (C=O) groups is 1. The molecule has 142 valence electrons. The van der Waals surface area contributed by atoms with E-state index in [4.69, 9.17) is 0 Å². The van der Waals surface area contributed by atoms with Crippen LogP contribution in [0.4, 0.5) is 23.4 Å². The van der Waals surface area contributed by atoms with Crippen molar-refractivity contribution in [2.75, 3.05) is 5.32 Å². The molecule has 0 spiro atoms. The second-order valence-corrected chi connectivity index (χ2v) is 6.41. The minimum atomic E-state index is -4.66. The van der Waals surface area contributed by atoms with Gasteiger partial charge < -0.3 is 5.32 Å². The first-order valence-corrected chi connectivity index (χ1v) is 8.33. The third-order valence-electron chi connectivity index (χ3n) is 3.59. The zero-order chi connectivity index (χ0) is 19.8. The molecule has 1 aromatic carbocycles. The maximum atomic E-state index is 13.2. The Labute approximate surface area is 158 Å². The van der Waals surface area contributed by atoms with E-state index in [0.717, 1.165) is 7.05 Å². The molecule has 0 aliphatic rings. The Morgan fingerprint density at radius 2 is 2.00 bits per heavy atom. The van der Waals surface area contributed by atoms with Gasteiger partial charge in [-0.3, -0.25) is 14.2 Å². The molecule has 6 nitrogen and oxygen atoms in total. The van der Waals surface area contributed by atoms with Crippen molar-refractivity contribution in [2.24, 2.45) is 7.05 Å². The van der Waals surface area contributed by atoms with Gasteiger partial charge in [-0.15, -0.1) is 0 Å². The van der Waals surface area contributed by atoms with Crippen molar-refractivity contribution in [1.29, 1.82) is 0 Å². The van der Waals surface area contributed by atoms with Crippen molar-refractivity contribution in [3.8, 4) is 0 Å². The fourth-order valence-electron chi connectivity index (χ4n) is 2.47. The number of benzene rings is 1. The number of carbonyl (C=O) groups excluding carboxylic acids is 1. The highest BCUT2D eigenvalue weighted by atomic mass is 79.9. The summed E-state index contributed by atoms with van der Waals surface area (Å²) in [5, 5.41) is 10.1. The highest BCUT2D eigenvalue weighted by molar-refractivity contribution is 9.10. The van der Waals surface area contributed by atoms with Gasteiger partial charge in [0.1, 0.15) is 5.82 Å². The molecular weight excluding hydrogens is 434 g/mol. The van der Waals surface area contributed by atoms with E-state index in [1.54, 1.807) is 18.3 Å². The van der Waals surface area contributed by atoms with Gasteiger partial charge in [-0.05, 0) is 33.6 Å². The van der Waals surface area contributed by atoms with Gasteiger partial charge in [0.05, 0.1) is 11.0 Å². The molecule has 27 heavy (non-hydrogen) atoms. The molecule has 2 aromatic heterocycles. The van der Waals surface area contributed by atoms with E-state index in [0.29, 0.717) is 10.2 Å². The van der Waals surface area contributed by atoms with E-state index in [1.165, 1.54) is 22.9 Å². The SMILES string of the molecule is Cn1nc(C(=O)Nc2ccn(Cc3cccc(F)c3)n2)c(Br)c1C(F)(F)F. The molecule has 0 aliphatic carbocycles. The first-order valence-electron chi connectivity index (χ1n) is 7.54. The summed E-state index contributed by atoms with van der Waals surface area (Å²) in [6, 6.07) is 7.42. The van der Waals surface area contributed by atoms with Gasteiger partial charge in [0, 0.05) is 19.3 Å². The van der Waals surface area contributed by atoms with Gasteiger partial charge in [-0.25, -0.2) is 4.39 Å². The molecule has 11 heteroatoms. The molecule has 0 atom stereocenters. The van der Waals surface area contributed by atoms with Crippen molar-refractivity contribution in [3.63, 3.8) is 0 Å². The quantitative estimate of drug-likeness (QED) is 0.620. The van der Waals surface area contributed by atoms with Crippen LogP contribution in [0.15, 0.2) is 41.0 Å². The lowest BCUT2D eigenvalue weighted by Gasteiger charge is -2.06. The van der Waals surface area contributed by atoms with Gasteiger partial charge in [0.15, 0.2) is 17.2 Å². The summed E-state index contributed by atoms with van der Waals surface area (Å²) < 4.78 is 53.8. The lowest BCUT2D eigenvalue weighted by molar-refractivity contribution is -0.144. The van der Waals surface area contributed by atoms with E-state index in [2.05, 4.69) is 31.4 Å². The summed E-state index contributed by atoms with van der Waals surface area (Å²) in [6.45, 7) is 0.263. The van der Waals surface area contributed by atoms with Crippen LogP contribution in [0, 0.1) is 5.82 Å². The highest BCUT2D eigenvalue weighted by Crippen LogP contribution is 2.36. The van der Waals surface area contributed by atoms with Gasteiger partial charge in [0.2, 0.25) is 0 Å². The van der Waals surface area contributed by atoms with Crippen LogP contribution in [0.1, 0.15) is 21.7 Å². The predicted molar refractivity (Wildman–Crippen MR) is 91.6 cm³/mol. The number of nitrogens with zero attached hydrogens (tertiary/aromatic N) is 4. The Kier molecular flexibility index (Phi) is 5.05. The number of amides is 1. The Morgan fingerprint density at radius 3 is 2.63 bits per heavy atom. The van der Waals surface area contributed by atoms with E-state index >= 15 is 0 Å². The normalized spacial score (nSPS) is 11.6. The average molecular weight is 446 g/mol. The third kappa shape index (κ3) is 4.18. The summed E-state index contributed by atoms with van der Waals surface area (Å²) in [5.41, 5.74) is -0.813. The van der Waals surface area contributed by atoms with Crippen LogP contribution in [-0.4, -0.2) is 25.5 Å². The van der Waals surface area contributed by atoms with Gasteiger partial charge in [-0.2, -0.15) is 23.4 Å². The molecule has 3 aromatic rings. The Hall–Kier alpha value is -2.69. The maximum absolute atomic E-state index is 13.2. The van der Waals surface area contributed by atoms with E-state index in [1.807, 2.05) is 0 Å². The summed E-state index contributed by atoms with van der Waals surface area (Å²) in [5.74, 6) is -1.10. The van der Waals surface area contributed by atoms with Crippen LogP contribution in [0.25, 0.3) is 0 Å². The number of alkyl halides is 3. The molecular formula is C16H12BrF4N5O. The molecule has 0 fully saturated rings. The molecule has 2 heterocycles. The number of aryl methyl sites for hydroxylation is 1. The minimum Gasteiger partial charge on any atom is -0.304 e. The molecule has 1 N–H and O–H groups in total. The molecule has 0 saturated heterocycles. The van der Waals surface area contributed by atoms with Crippen LogP contribution < -0.4 is 5.32 Å². The zero-order valence-corrected chi connectivity index (χ0v) is 15.3. The topological polar surface area (TPSA) is 64.7 Å². The fraction of sp³-hybridized carbons (Fsp3) is 0.188. The van der Waals surface area contributed by atoms with Crippen molar-refractivity contribution in [2.45, 2.75) is 12.7 Å². The number of rotatable bonds is 4. The smallest absolute Gasteiger partial charge is 0.304 e. The fourth-order valence-corrected chi connectivity index (χ4v) is 3.21. The van der Waals surface area contributed by atoms with Crippen LogP contribution in [0.2, 0.25) is 0 Å². The van der Waals surface area contributed by atoms with Crippen molar-refractivity contribution >= 4 is 27.7 Å². The number of halogens is 5. The van der Waals surface area contributed by atoms with Crippen LogP contribution >= 0.6 is 15.9 Å². The number of hydrogen-bond acceptors (Lipinski definition) is 3. The lowest BCUT2D eigenvalue weighted by atomic mass is 10.2. The van der Waals surface area contributed by atoms with Crippen molar-refractivity contribution in [1.82, 2.24) is 19.6 Å². The molecule has 0 unspecified atom stereocenters. The van der Waals surface area contributed by atoms with E-state index < -0.39 is 27.9 Å². The Bertz CT molecular complexity index is 995.